The third-order valence-electron chi connectivity index (χ3n) is 3.46. The van der Waals surface area contributed by atoms with E-state index in [2.05, 4.69) is 10.0 Å². The molecule has 2 N–H and O–H groups in total. The van der Waals surface area contributed by atoms with Crippen molar-refractivity contribution < 1.29 is 12.8 Å². The lowest BCUT2D eigenvalue weighted by Crippen LogP contribution is -2.26. The summed E-state index contributed by atoms with van der Waals surface area (Å²) in [5, 5.41) is 3.24. The van der Waals surface area contributed by atoms with Gasteiger partial charge in [0.1, 0.15) is 5.82 Å². The number of sulfonamides is 1. The SMILES string of the molecule is Cc1ccc(S(=O)(=O)NCC[C@@H]2CCNC2)cc1F. The average Bonchev–Trinajstić information content (AvgIpc) is 2.85. The molecule has 1 saturated heterocycles. The smallest absolute Gasteiger partial charge is 0.240 e. The third-order valence-corrected chi connectivity index (χ3v) is 4.92. The predicted octanol–water partition coefficient (Wildman–Crippen LogP) is 1.41. The molecular weight excluding hydrogens is 267 g/mol. The molecule has 1 aliphatic rings. The van der Waals surface area contributed by atoms with Gasteiger partial charge in [0.25, 0.3) is 0 Å². The molecule has 106 valence electrons. The van der Waals surface area contributed by atoms with Gasteiger partial charge in [-0.05, 0) is 56.5 Å². The molecule has 0 radical (unpaired) electrons. The van der Waals surface area contributed by atoms with E-state index in [9.17, 15) is 12.8 Å². The molecule has 0 bridgehead atoms. The number of halogens is 1. The molecule has 1 aromatic carbocycles. The van der Waals surface area contributed by atoms with Crippen molar-refractivity contribution in [1.82, 2.24) is 10.0 Å². The summed E-state index contributed by atoms with van der Waals surface area (Å²) in [4.78, 5) is -0.0138. The van der Waals surface area contributed by atoms with Crippen LogP contribution in [0.4, 0.5) is 4.39 Å². The van der Waals surface area contributed by atoms with Crippen molar-refractivity contribution in [2.45, 2.75) is 24.7 Å². The van der Waals surface area contributed by atoms with Crippen LogP contribution in [0.1, 0.15) is 18.4 Å². The fraction of sp³-hybridized carbons (Fsp3) is 0.538. The standard InChI is InChI=1S/C13H19FN2O2S/c1-10-2-3-12(8-13(10)14)19(17,18)16-7-5-11-4-6-15-9-11/h2-3,8,11,15-16H,4-7,9H2,1H3/t11-/m0/s1. The monoisotopic (exact) mass is 286 g/mol. The van der Waals surface area contributed by atoms with Crippen molar-refractivity contribution in [2.75, 3.05) is 19.6 Å². The largest absolute Gasteiger partial charge is 0.316 e. The number of aryl methyl sites for hydroxylation is 1. The molecule has 1 atom stereocenters. The van der Waals surface area contributed by atoms with Gasteiger partial charge >= 0.3 is 0 Å². The number of nitrogens with one attached hydrogen (secondary N) is 2. The Bertz CT molecular complexity index is 540. The lowest BCUT2D eigenvalue weighted by atomic mass is 10.1. The molecule has 0 saturated carbocycles. The summed E-state index contributed by atoms with van der Waals surface area (Å²) >= 11 is 0. The van der Waals surface area contributed by atoms with Gasteiger partial charge in [-0.2, -0.15) is 0 Å². The van der Waals surface area contributed by atoms with E-state index in [0.29, 0.717) is 18.0 Å². The summed E-state index contributed by atoms with van der Waals surface area (Å²) in [6.07, 6.45) is 1.89. The Kier molecular flexibility index (Phi) is 4.54. The van der Waals surface area contributed by atoms with Gasteiger partial charge in [0, 0.05) is 6.54 Å². The first-order valence-corrected chi connectivity index (χ1v) is 7.94. The zero-order chi connectivity index (χ0) is 13.9. The minimum Gasteiger partial charge on any atom is -0.316 e. The number of hydrogen-bond acceptors (Lipinski definition) is 3. The minimum atomic E-state index is -3.60. The van der Waals surface area contributed by atoms with Gasteiger partial charge in [-0.25, -0.2) is 17.5 Å². The zero-order valence-electron chi connectivity index (χ0n) is 10.9. The number of hydrogen-bond donors (Lipinski definition) is 2. The molecule has 1 heterocycles. The fourth-order valence-electron chi connectivity index (χ4n) is 2.18. The highest BCUT2D eigenvalue weighted by Gasteiger charge is 2.18. The summed E-state index contributed by atoms with van der Waals surface area (Å²) in [7, 11) is -3.60. The molecular formula is C13H19FN2O2S. The fourth-order valence-corrected chi connectivity index (χ4v) is 3.24. The van der Waals surface area contributed by atoms with Crippen molar-refractivity contribution in [3.05, 3.63) is 29.6 Å². The average molecular weight is 286 g/mol. The first-order chi connectivity index (χ1) is 8.99. The maximum atomic E-state index is 13.4. The summed E-state index contributed by atoms with van der Waals surface area (Å²) in [6.45, 7) is 3.94. The van der Waals surface area contributed by atoms with Gasteiger partial charge in [-0.3, -0.25) is 0 Å². The molecule has 0 aliphatic carbocycles. The van der Waals surface area contributed by atoms with Gasteiger partial charge in [-0.1, -0.05) is 6.07 Å². The molecule has 0 spiro atoms. The Balaban J connectivity index is 1.95. The minimum absolute atomic E-state index is 0.0138. The molecule has 1 aromatic rings. The van der Waals surface area contributed by atoms with Crippen LogP contribution in [0.25, 0.3) is 0 Å². The molecule has 1 aliphatic heterocycles. The highest BCUT2D eigenvalue weighted by Crippen LogP contribution is 2.15. The van der Waals surface area contributed by atoms with Crippen LogP contribution in [-0.4, -0.2) is 28.1 Å². The number of rotatable bonds is 5. The predicted molar refractivity (Wildman–Crippen MR) is 71.9 cm³/mol. The Morgan fingerprint density at radius 3 is 2.89 bits per heavy atom. The summed E-state index contributed by atoms with van der Waals surface area (Å²) in [5.74, 6) is 0.0281. The van der Waals surface area contributed by atoms with Gasteiger partial charge in [-0.15, -0.1) is 0 Å². The molecule has 6 heteroatoms. The molecule has 4 nitrogen and oxygen atoms in total. The van der Waals surface area contributed by atoms with Gasteiger partial charge in [0.05, 0.1) is 4.90 Å². The van der Waals surface area contributed by atoms with Gasteiger partial charge in [0.2, 0.25) is 10.0 Å². The van der Waals surface area contributed by atoms with E-state index < -0.39 is 15.8 Å². The van der Waals surface area contributed by atoms with Crippen LogP contribution in [0.3, 0.4) is 0 Å². The van der Waals surface area contributed by atoms with Crippen LogP contribution in [0, 0.1) is 18.7 Å². The lowest BCUT2D eigenvalue weighted by molar-refractivity contribution is 0.519. The van der Waals surface area contributed by atoms with Crippen molar-refractivity contribution in [3.8, 4) is 0 Å². The summed E-state index contributed by atoms with van der Waals surface area (Å²) < 4.78 is 39.9. The molecule has 19 heavy (non-hydrogen) atoms. The van der Waals surface area contributed by atoms with Crippen molar-refractivity contribution in [2.24, 2.45) is 5.92 Å². The highest BCUT2D eigenvalue weighted by atomic mass is 32.2. The van der Waals surface area contributed by atoms with Crippen LogP contribution in [0.15, 0.2) is 23.1 Å². The van der Waals surface area contributed by atoms with Crippen LogP contribution in [0.2, 0.25) is 0 Å². The van der Waals surface area contributed by atoms with Crippen LogP contribution >= 0.6 is 0 Å². The Morgan fingerprint density at radius 2 is 2.26 bits per heavy atom. The Morgan fingerprint density at radius 1 is 1.47 bits per heavy atom. The van der Waals surface area contributed by atoms with E-state index in [4.69, 9.17) is 0 Å². The van der Waals surface area contributed by atoms with E-state index in [0.717, 1.165) is 32.0 Å². The van der Waals surface area contributed by atoms with Crippen molar-refractivity contribution >= 4 is 10.0 Å². The molecule has 0 amide bonds. The zero-order valence-corrected chi connectivity index (χ0v) is 11.8. The molecule has 0 aromatic heterocycles. The van der Waals surface area contributed by atoms with E-state index in [-0.39, 0.29) is 4.90 Å². The van der Waals surface area contributed by atoms with E-state index >= 15 is 0 Å². The third kappa shape index (κ3) is 3.75. The second-order valence-electron chi connectivity index (χ2n) is 4.96. The van der Waals surface area contributed by atoms with Crippen LogP contribution in [0.5, 0.6) is 0 Å². The second-order valence-corrected chi connectivity index (χ2v) is 6.72. The molecule has 0 unspecified atom stereocenters. The molecule has 2 rings (SSSR count). The Labute approximate surface area is 113 Å². The van der Waals surface area contributed by atoms with Crippen LogP contribution in [-0.2, 0) is 10.0 Å². The van der Waals surface area contributed by atoms with E-state index in [1.807, 2.05) is 0 Å². The summed E-state index contributed by atoms with van der Waals surface area (Å²) in [6, 6.07) is 3.97. The van der Waals surface area contributed by atoms with Crippen LogP contribution < -0.4 is 10.0 Å². The number of benzene rings is 1. The highest BCUT2D eigenvalue weighted by molar-refractivity contribution is 7.89. The Hall–Kier alpha value is -0.980. The normalized spacial score (nSPS) is 19.8. The topological polar surface area (TPSA) is 58.2 Å². The first kappa shape index (κ1) is 14.4. The van der Waals surface area contributed by atoms with Gasteiger partial charge < -0.3 is 5.32 Å². The quantitative estimate of drug-likeness (QED) is 0.860. The van der Waals surface area contributed by atoms with Crippen molar-refractivity contribution in [3.63, 3.8) is 0 Å². The van der Waals surface area contributed by atoms with Crippen molar-refractivity contribution in [1.29, 1.82) is 0 Å². The second kappa shape index (κ2) is 5.98. The lowest BCUT2D eigenvalue weighted by Gasteiger charge is -2.10. The van der Waals surface area contributed by atoms with E-state index in [1.54, 1.807) is 6.92 Å². The molecule has 1 fully saturated rings. The summed E-state index contributed by atoms with van der Waals surface area (Å²) in [5.41, 5.74) is 0.441. The first-order valence-electron chi connectivity index (χ1n) is 6.45. The van der Waals surface area contributed by atoms with E-state index in [1.165, 1.54) is 12.1 Å². The maximum Gasteiger partial charge on any atom is 0.240 e. The maximum absolute atomic E-state index is 13.4. The van der Waals surface area contributed by atoms with Gasteiger partial charge in [0.15, 0.2) is 0 Å².